The SMILES string of the molecule is COCCNCCN1CC(C)N(C)C(C)C1. The minimum atomic E-state index is 0.669. The van der Waals surface area contributed by atoms with Gasteiger partial charge in [-0.25, -0.2) is 0 Å². The Hall–Kier alpha value is -0.160. The zero-order valence-electron chi connectivity index (χ0n) is 11.2. The van der Waals surface area contributed by atoms with E-state index in [9.17, 15) is 0 Å². The first-order valence-electron chi connectivity index (χ1n) is 6.29. The van der Waals surface area contributed by atoms with Crippen molar-refractivity contribution in [3.8, 4) is 0 Å². The highest BCUT2D eigenvalue weighted by atomic mass is 16.5. The van der Waals surface area contributed by atoms with Gasteiger partial charge in [0.25, 0.3) is 0 Å². The summed E-state index contributed by atoms with van der Waals surface area (Å²) in [7, 11) is 3.97. The van der Waals surface area contributed by atoms with Crippen LogP contribution < -0.4 is 5.32 Å². The van der Waals surface area contributed by atoms with Gasteiger partial charge in [0.2, 0.25) is 0 Å². The van der Waals surface area contributed by atoms with Gasteiger partial charge < -0.3 is 10.1 Å². The molecule has 96 valence electrons. The maximum Gasteiger partial charge on any atom is 0.0587 e. The molecular formula is C12H27N3O. The average Bonchev–Trinajstić information content (AvgIpc) is 2.25. The molecule has 0 aromatic heterocycles. The molecule has 0 aliphatic carbocycles. The molecule has 0 aromatic rings. The first kappa shape index (κ1) is 13.9. The second kappa shape index (κ2) is 7.22. The molecule has 4 heteroatoms. The molecule has 0 saturated carbocycles. The highest BCUT2D eigenvalue weighted by Crippen LogP contribution is 2.12. The summed E-state index contributed by atoms with van der Waals surface area (Å²) >= 11 is 0. The summed E-state index contributed by atoms with van der Waals surface area (Å²) in [5, 5.41) is 3.39. The second-order valence-corrected chi connectivity index (χ2v) is 4.87. The number of likely N-dealkylation sites (N-methyl/N-ethyl adjacent to an activating group) is 1. The van der Waals surface area contributed by atoms with E-state index >= 15 is 0 Å². The minimum Gasteiger partial charge on any atom is -0.383 e. The lowest BCUT2D eigenvalue weighted by atomic mass is 10.1. The van der Waals surface area contributed by atoms with Crippen molar-refractivity contribution in [2.45, 2.75) is 25.9 Å². The summed E-state index contributed by atoms with van der Waals surface area (Å²) in [5.41, 5.74) is 0. The molecule has 1 N–H and O–H groups in total. The molecule has 1 aliphatic rings. The fourth-order valence-electron chi connectivity index (χ4n) is 2.23. The van der Waals surface area contributed by atoms with E-state index in [0.717, 1.165) is 26.2 Å². The lowest BCUT2D eigenvalue weighted by Gasteiger charge is -2.42. The Kier molecular flexibility index (Phi) is 6.28. The van der Waals surface area contributed by atoms with E-state index in [1.807, 2.05) is 0 Å². The van der Waals surface area contributed by atoms with Gasteiger partial charge in [-0.2, -0.15) is 0 Å². The fourth-order valence-corrected chi connectivity index (χ4v) is 2.23. The molecule has 0 amide bonds. The normalized spacial score (nSPS) is 28.5. The fraction of sp³-hybridized carbons (Fsp3) is 1.00. The summed E-state index contributed by atoms with van der Waals surface area (Å²) in [6, 6.07) is 1.34. The molecule has 1 saturated heterocycles. The zero-order valence-corrected chi connectivity index (χ0v) is 11.2. The molecule has 2 atom stereocenters. The summed E-state index contributed by atoms with van der Waals surface area (Å²) in [6.45, 7) is 10.9. The maximum atomic E-state index is 5.00. The summed E-state index contributed by atoms with van der Waals surface area (Å²) in [6.07, 6.45) is 0. The van der Waals surface area contributed by atoms with Gasteiger partial charge >= 0.3 is 0 Å². The largest absolute Gasteiger partial charge is 0.383 e. The standard InChI is InChI=1S/C12H27N3O/c1-11-9-15(10-12(2)14(11)3)7-5-13-6-8-16-4/h11-13H,5-10H2,1-4H3. The topological polar surface area (TPSA) is 27.7 Å². The van der Waals surface area contributed by atoms with Crippen LogP contribution >= 0.6 is 0 Å². The van der Waals surface area contributed by atoms with Gasteiger partial charge in [-0.05, 0) is 20.9 Å². The predicted molar refractivity (Wildman–Crippen MR) is 67.9 cm³/mol. The monoisotopic (exact) mass is 229 g/mol. The Morgan fingerprint density at radius 1 is 1.19 bits per heavy atom. The quantitative estimate of drug-likeness (QED) is 0.661. The van der Waals surface area contributed by atoms with E-state index < -0.39 is 0 Å². The van der Waals surface area contributed by atoms with Crippen molar-refractivity contribution in [1.82, 2.24) is 15.1 Å². The number of hydrogen-bond donors (Lipinski definition) is 1. The van der Waals surface area contributed by atoms with E-state index in [-0.39, 0.29) is 0 Å². The minimum absolute atomic E-state index is 0.669. The molecular weight excluding hydrogens is 202 g/mol. The number of hydrogen-bond acceptors (Lipinski definition) is 4. The number of rotatable bonds is 6. The maximum absolute atomic E-state index is 5.00. The smallest absolute Gasteiger partial charge is 0.0587 e. The van der Waals surface area contributed by atoms with Crippen LogP contribution in [-0.2, 0) is 4.74 Å². The first-order valence-corrected chi connectivity index (χ1v) is 6.29. The van der Waals surface area contributed by atoms with Crippen LogP contribution in [0.5, 0.6) is 0 Å². The molecule has 2 unspecified atom stereocenters. The van der Waals surface area contributed by atoms with Gasteiger partial charge in [0.15, 0.2) is 0 Å². The van der Waals surface area contributed by atoms with Crippen LogP contribution in [0.15, 0.2) is 0 Å². The van der Waals surface area contributed by atoms with Gasteiger partial charge in [0.1, 0.15) is 0 Å². The van der Waals surface area contributed by atoms with Crippen LogP contribution in [0, 0.1) is 0 Å². The van der Waals surface area contributed by atoms with Crippen molar-refractivity contribution in [3.05, 3.63) is 0 Å². The number of piperazine rings is 1. The third-order valence-corrected chi connectivity index (χ3v) is 3.52. The van der Waals surface area contributed by atoms with E-state index in [0.29, 0.717) is 12.1 Å². The van der Waals surface area contributed by atoms with Crippen LogP contribution in [0.2, 0.25) is 0 Å². The van der Waals surface area contributed by atoms with Crippen LogP contribution in [-0.4, -0.2) is 75.4 Å². The Balaban J connectivity index is 2.13. The first-order chi connectivity index (χ1) is 7.65. The molecule has 0 spiro atoms. The van der Waals surface area contributed by atoms with Gasteiger partial charge in [0.05, 0.1) is 6.61 Å². The molecule has 1 fully saturated rings. The van der Waals surface area contributed by atoms with E-state index in [4.69, 9.17) is 4.74 Å². The summed E-state index contributed by atoms with van der Waals surface area (Å²) in [5.74, 6) is 0. The lowest BCUT2D eigenvalue weighted by molar-refractivity contribution is 0.0605. The summed E-state index contributed by atoms with van der Waals surface area (Å²) in [4.78, 5) is 5.02. The van der Waals surface area contributed by atoms with Crippen molar-refractivity contribution in [3.63, 3.8) is 0 Å². The van der Waals surface area contributed by atoms with Crippen LogP contribution in [0.25, 0.3) is 0 Å². The van der Waals surface area contributed by atoms with Crippen LogP contribution in [0.4, 0.5) is 0 Å². The van der Waals surface area contributed by atoms with Crippen molar-refractivity contribution in [1.29, 1.82) is 0 Å². The highest BCUT2D eigenvalue weighted by molar-refractivity contribution is 4.82. The lowest BCUT2D eigenvalue weighted by Crippen LogP contribution is -2.55. The Labute approximate surface area is 99.9 Å². The van der Waals surface area contributed by atoms with E-state index in [1.54, 1.807) is 7.11 Å². The van der Waals surface area contributed by atoms with Crippen molar-refractivity contribution in [2.75, 3.05) is 53.5 Å². The molecule has 4 nitrogen and oxygen atoms in total. The van der Waals surface area contributed by atoms with Crippen molar-refractivity contribution < 1.29 is 4.74 Å². The second-order valence-electron chi connectivity index (χ2n) is 4.87. The molecule has 1 aliphatic heterocycles. The van der Waals surface area contributed by atoms with Crippen molar-refractivity contribution >= 4 is 0 Å². The third-order valence-electron chi connectivity index (χ3n) is 3.52. The number of nitrogens with zero attached hydrogens (tertiary/aromatic N) is 2. The van der Waals surface area contributed by atoms with Crippen LogP contribution in [0.3, 0.4) is 0 Å². The van der Waals surface area contributed by atoms with E-state index in [1.165, 1.54) is 13.1 Å². The number of nitrogens with one attached hydrogen (secondary N) is 1. The summed E-state index contributed by atoms with van der Waals surface area (Å²) < 4.78 is 5.00. The van der Waals surface area contributed by atoms with Gasteiger partial charge in [-0.3, -0.25) is 9.80 Å². The molecule has 16 heavy (non-hydrogen) atoms. The van der Waals surface area contributed by atoms with Gasteiger partial charge in [-0.15, -0.1) is 0 Å². The number of ether oxygens (including phenoxy) is 1. The predicted octanol–water partition coefficient (Wildman–Crippen LogP) is 0.247. The Morgan fingerprint density at radius 3 is 2.38 bits per heavy atom. The van der Waals surface area contributed by atoms with Crippen LogP contribution in [0.1, 0.15) is 13.8 Å². The molecule has 0 bridgehead atoms. The molecule has 1 rings (SSSR count). The molecule has 1 heterocycles. The van der Waals surface area contributed by atoms with Gasteiger partial charge in [0, 0.05) is 51.9 Å². The Bertz CT molecular complexity index is 177. The Morgan fingerprint density at radius 2 is 1.81 bits per heavy atom. The van der Waals surface area contributed by atoms with E-state index in [2.05, 4.69) is 36.0 Å². The average molecular weight is 229 g/mol. The number of methoxy groups -OCH3 is 1. The van der Waals surface area contributed by atoms with Crippen molar-refractivity contribution in [2.24, 2.45) is 0 Å². The molecule has 0 aromatic carbocycles. The third kappa shape index (κ3) is 4.37. The zero-order chi connectivity index (χ0) is 12.0. The molecule has 0 radical (unpaired) electrons. The highest BCUT2D eigenvalue weighted by Gasteiger charge is 2.25. The van der Waals surface area contributed by atoms with Gasteiger partial charge in [-0.1, -0.05) is 0 Å².